The van der Waals surface area contributed by atoms with Gasteiger partial charge in [0.05, 0.1) is 6.54 Å². The van der Waals surface area contributed by atoms with Crippen LogP contribution in [0.2, 0.25) is 0 Å². The number of thioether (sulfide) groups is 1. The average molecular weight is 235 g/mol. The second-order valence-electron chi connectivity index (χ2n) is 2.88. The van der Waals surface area contributed by atoms with Crippen molar-refractivity contribution < 1.29 is 14.7 Å². The van der Waals surface area contributed by atoms with E-state index in [2.05, 4.69) is 5.32 Å². The lowest BCUT2D eigenvalue weighted by Gasteiger charge is -2.13. The minimum atomic E-state index is -1.04. The van der Waals surface area contributed by atoms with Crippen molar-refractivity contribution in [1.82, 2.24) is 5.32 Å². The van der Waals surface area contributed by atoms with Gasteiger partial charge in [0, 0.05) is 5.75 Å². The molecule has 1 atom stereocenters. The molecule has 88 valence electrons. The van der Waals surface area contributed by atoms with E-state index in [1.165, 1.54) is 11.8 Å². The zero-order chi connectivity index (χ0) is 11.7. The van der Waals surface area contributed by atoms with Gasteiger partial charge >= 0.3 is 5.97 Å². The molecule has 0 aliphatic carbocycles. The summed E-state index contributed by atoms with van der Waals surface area (Å²) in [5.41, 5.74) is 10.4. The van der Waals surface area contributed by atoms with Crippen molar-refractivity contribution in [3.8, 4) is 0 Å². The first kappa shape index (κ1) is 14.2. The van der Waals surface area contributed by atoms with Crippen molar-refractivity contribution in [1.29, 1.82) is 0 Å². The second kappa shape index (κ2) is 8.51. The van der Waals surface area contributed by atoms with E-state index in [4.69, 9.17) is 16.6 Å². The van der Waals surface area contributed by atoms with Gasteiger partial charge in [-0.1, -0.05) is 0 Å². The number of carboxylic acids is 1. The SMILES string of the molecule is NCCCSCC(NC(=O)CN)C(=O)O. The molecule has 0 aromatic carbocycles. The highest BCUT2D eigenvalue weighted by Crippen LogP contribution is 2.04. The minimum Gasteiger partial charge on any atom is -0.480 e. The third kappa shape index (κ3) is 7.18. The van der Waals surface area contributed by atoms with Gasteiger partial charge in [0.15, 0.2) is 0 Å². The topological polar surface area (TPSA) is 118 Å². The van der Waals surface area contributed by atoms with Gasteiger partial charge in [-0.25, -0.2) is 4.79 Å². The van der Waals surface area contributed by atoms with Crippen molar-refractivity contribution in [3.63, 3.8) is 0 Å². The quantitative estimate of drug-likeness (QED) is 0.384. The average Bonchev–Trinajstić information content (AvgIpc) is 2.21. The summed E-state index contributed by atoms with van der Waals surface area (Å²) in [6.45, 7) is 0.386. The first-order valence-corrected chi connectivity index (χ1v) is 5.77. The molecule has 0 bridgehead atoms. The zero-order valence-corrected chi connectivity index (χ0v) is 9.26. The maximum Gasteiger partial charge on any atom is 0.327 e. The summed E-state index contributed by atoms with van der Waals surface area (Å²) in [6, 6.07) is -0.871. The fraction of sp³-hybridized carbons (Fsp3) is 0.750. The van der Waals surface area contributed by atoms with Gasteiger partial charge in [0.25, 0.3) is 0 Å². The molecule has 0 spiro atoms. The number of nitrogens with one attached hydrogen (secondary N) is 1. The van der Waals surface area contributed by atoms with E-state index in [1.807, 2.05) is 0 Å². The molecule has 0 aromatic heterocycles. The number of hydrogen-bond donors (Lipinski definition) is 4. The molecule has 0 radical (unpaired) electrons. The number of carboxylic acid groups (broad SMARTS) is 1. The third-order valence-electron chi connectivity index (χ3n) is 1.60. The van der Waals surface area contributed by atoms with Crippen LogP contribution in [0.4, 0.5) is 0 Å². The molecule has 7 heteroatoms. The summed E-state index contributed by atoms with van der Waals surface area (Å²) in [5, 5.41) is 11.1. The smallest absolute Gasteiger partial charge is 0.327 e. The van der Waals surface area contributed by atoms with E-state index in [0.717, 1.165) is 12.2 Å². The molecular weight excluding hydrogens is 218 g/mol. The Kier molecular flexibility index (Phi) is 8.06. The molecule has 0 fully saturated rings. The Bertz CT molecular complexity index is 213. The minimum absolute atomic E-state index is 0.197. The van der Waals surface area contributed by atoms with Crippen LogP contribution < -0.4 is 16.8 Å². The molecule has 15 heavy (non-hydrogen) atoms. The largest absolute Gasteiger partial charge is 0.480 e. The molecule has 6 N–H and O–H groups in total. The second-order valence-corrected chi connectivity index (χ2v) is 4.03. The van der Waals surface area contributed by atoms with Crippen LogP contribution in [-0.2, 0) is 9.59 Å². The lowest BCUT2D eigenvalue weighted by Crippen LogP contribution is -2.45. The lowest BCUT2D eigenvalue weighted by molar-refractivity contribution is -0.140. The van der Waals surface area contributed by atoms with Crippen molar-refractivity contribution in [3.05, 3.63) is 0 Å². The standard InChI is InChI=1S/C8H17N3O3S/c9-2-1-3-15-5-6(8(13)14)11-7(12)4-10/h6H,1-5,9-10H2,(H,11,12)(H,13,14). The molecule has 0 aliphatic heterocycles. The molecule has 0 aromatic rings. The number of rotatable bonds is 8. The van der Waals surface area contributed by atoms with E-state index in [9.17, 15) is 9.59 Å². The number of amides is 1. The number of hydrogen-bond acceptors (Lipinski definition) is 5. The van der Waals surface area contributed by atoms with Crippen LogP contribution >= 0.6 is 11.8 Å². The molecule has 0 rings (SSSR count). The van der Waals surface area contributed by atoms with Crippen LogP contribution in [-0.4, -0.2) is 47.6 Å². The van der Waals surface area contributed by atoms with E-state index in [-0.39, 0.29) is 6.54 Å². The van der Waals surface area contributed by atoms with Crippen LogP contribution in [0.5, 0.6) is 0 Å². The van der Waals surface area contributed by atoms with E-state index >= 15 is 0 Å². The van der Waals surface area contributed by atoms with Gasteiger partial charge in [-0.3, -0.25) is 4.79 Å². The number of nitrogens with two attached hydrogens (primary N) is 2. The van der Waals surface area contributed by atoms with Crippen LogP contribution in [0.25, 0.3) is 0 Å². The molecule has 0 heterocycles. The van der Waals surface area contributed by atoms with Crippen LogP contribution in [0.15, 0.2) is 0 Å². The van der Waals surface area contributed by atoms with Gasteiger partial charge in [-0.05, 0) is 18.7 Å². The predicted octanol–water partition coefficient (Wildman–Crippen LogP) is -1.40. The molecule has 0 aliphatic rings. The highest BCUT2D eigenvalue weighted by Gasteiger charge is 2.18. The Labute approximate surface area is 92.8 Å². The van der Waals surface area contributed by atoms with Gasteiger partial charge < -0.3 is 21.9 Å². The Morgan fingerprint density at radius 1 is 1.40 bits per heavy atom. The highest BCUT2D eigenvalue weighted by molar-refractivity contribution is 7.99. The summed E-state index contributed by atoms with van der Waals surface area (Å²) in [5.74, 6) is -0.376. The van der Waals surface area contributed by atoms with Crippen molar-refractivity contribution in [2.75, 3.05) is 24.6 Å². The highest BCUT2D eigenvalue weighted by atomic mass is 32.2. The van der Waals surface area contributed by atoms with E-state index < -0.39 is 17.9 Å². The molecule has 1 unspecified atom stereocenters. The number of aliphatic carboxylic acids is 1. The van der Waals surface area contributed by atoms with Gasteiger partial charge in [0.1, 0.15) is 6.04 Å². The Morgan fingerprint density at radius 3 is 2.53 bits per heavy atom. The van der Waals surface area contributed by atoms with Gasteiger partial charge in [-0.2, -0.15) is 11.8 Å². The van der Waals surface area contributed by atoms with E-state index in [1.54, 1.807) is 0 Å². The Hall–Kier alpha value is -0.790. The Morgan fingerprint density at radius 2 is 2.07 bits per heavy atom. The first-order valence-electron chi connectivity index (χ1n) is 4.61. The molecular formula is C8H17N3O3S. The molecule has 1 amide bonds. The third-order valence-corrected chi connectivity index (χ3v) is 2.74. The maximum atomic E-state index is 10.9. The number of carbonyl (C=O) groups is 2. The molecule has 0 saturated heterocycles. The molecule has 6 nitrogen and oxygen atoms in total. The first-order chi connectivity index (χ1) is 7.11. The van der Waals surface area contributed by atoms with Gasteiger partial charge in [-0.15, -0.1) is 0 Å². The fourth-order valence-corrected chi connectivity index (χ4v) is 1.81. The normalized spacial score (nSPS) is 12.1. The summed E-state index contributed by atoms with van der Waals surface area (Å²) in [6.07, 6.45) is 0.835. The summed E-state index contributed by atoms with van der Waals surface area (Å²) >= 11 is 1.45. The lowest BCUT2D eigenvalue weighted by atomic mass is 10.3. The summed E-state index contributed by atoms with van der Waals surface area (Å²) in [7, 11) is 0. The van der Waals surface area contributed by atoms with Crippen LogP contribution in [0.3, 0.4) is 0 Å². The van der Waals surface area contributed by atoms with Crippen molar-refractivity contribution in [2.24, 2.45) is 11.5 Å². The fourth-order valence-electron chi connectivity index (χ4n) is 0.815. The van der Waals surface area contributed by atoms with Crippen LogP contribution in [0, 0.1) is 0 Å². The summed E-state index contributed by atoms with van der Waals surface area (Å²) in [4.78, 5) is 21.6. The van der Waals surface area contributed by atoms with Crippen LogP contribution in [0.1, 0.15) is 6.42 Å². The summed E-state index contributed by atoms with van der Waals surface area (Å²) < 4.78 is 0. The Balaban J connectivity index is 3.84. The van der Waals surface area contributed by atoms with Gasteiger partial charge in [0.2, 0.25) is 5.91 Å². The van der Waals surface area contributed by atoms with Crippen molar-refractivity contribution >= 4 is 23.6 Å². The predicted molar refractivity (Wildman–Crippen MR) is 59.6 cm³/mol. The number of carbonyl (C=O) groups excluding carboxylic acids is 1. The monoisotopic (exact) mass is 235 g/mol. The molecule has 0 saturated carbocycles. The van der Waals surface area contributed by atoms with E-state index in [0.29, 0.717) is 12.3 Å². The zero-order valence-electron chi connectivity index (χ0n) is 8.44. The maximum absolute atomic E-state index is 10.9. The van der Waals surface area contributed by atoms with Crippen molar-refractivity contribution in [2.45, 2.75) is 12.5 Å².